The Morgan fingerprint density at radius 3 is 2.44 bits per heavy atom. The summed E-state index contributed by atoms with van der Waals surface area (Å²) in [5, 5.41) is 3.05. The third kappa shape index (κ3) is 5.74. The number of anilines is 1. The van der Waals surface area contributed by atoms with Crippen LogP contribution in [0.1, 0.15) is 5.56 Å². The number of likely N-dealkylation sites (N-methyl/N-ethyl adjacent to an activating group) is 1. The molecule has 0 spiro atoms. The summed E-state index contributed by atoms with van der Waals surface area (Å²) in [6, 6.07) is 12.3. The summed E-state index contributed by atoms with van der Waals surface area (Å²) < 4.78 is 29.6. The van der Waals surface area contributed by atoms with Crippen molar-refractivity contribution in [2.75, 3.05) is 25.2 Å². The number of aryl methyl sites for hydroxylation is 1. The monoisotopic (exact) mass is 382 g/mol. The molecule has 2 aromatic carbocycles. The maximum Gasteiger partial charge on any atom is 0.239 e. The van der Waals surface area contributed by atoms with Gasteiger partial charge in [0, 0.05) is 12.1 Å². The fourth-order valence-corrected chi connectivity index (χ4v) is 2.46. The van der Waals surface area contributed by atoms with Gasteiger partial charge >= 0.3 is 0 Å². The van der Waals surface area contributed by atoms with Crippen LogP contribution in [0.15, 0.2) is 42.5 Å². The van der Waals surface area contributed by atoms with Crippen LogP contribution in [0.3, 0.4) is 0 Å². The maximum atomic E-state index is 12.1. The van der Waals surface area contributed by atoms with Gasteiger partial charge in [0.25, 0.3) is 0 Å². The van der Waals surface area contributed by atoms with E-state index in [2.05, 4.69) is 5.32 Å². The Labute approximate surface area is 152 Å². The number of halogens is 1. The molecule has 25 heavy (non-hydrogen) atoms. The summed E-state index contributed by atoms with van der Waals surface area (Å²) in [6.07, 6.45) is 1.03. The van der Waals surface area contributed by atoms with Crippen LogP contribution in [0.25, 0.3) is 0 Å². The molecule has 1 N–H and O–H groups in total. The second-order valence-corrected chi connectivity index (χ2v) is 8.15. The molecule has 0 aromatic heterocycles. The molecule has 0 saturated heterocycles. The molecule has 0 aliphatic rings. The van der Waals surface area contributed by atoms with Crippen molar-refractivity contribution in [1.29, 1.82) is 0 Å². The highest BCUT2D eigenvalue weighted by Gasteiger charge is 2.17. The largest absolute Gasteiger partial charge is 0.455 e. The SMILES string of the molecule is Cc1ccc(Oc2ccc(Cl)cc2NC(=O)CN(C)S(C)(=O)=O)cc1. The molecule has 8 heteroatoms. The van der Waals surface area contributed by atoms with Crippen LogP contribution in [-0.2, 0) is 14.8 Å². The first kappa shape index (κ1) is 19.2. The van der Waals surface area contributed by atoms with Gasteiger partial charge < -0.3 is 10.1 Å². The minimum atomic E-state index is -3.45. The second kappa shape index (κ2) is 7.86. The number of nitrogens with one attached hydrogen (secondary N) is 1. The molecule has 0 aliphatic heterocycles. The van der Waals surface area contributed by atoms with Gasteiger partial charge in [-0.25, -0.2) is 8.42 Å². The van der Waals surface area contributed by atoms with Crippen LogP contribution in [0, 0.1) is 6.92 Å². The Morgan fingerprint density at radius 2 is 1.84 bits per heavy atom. The molecule has 6 nitrogen and oxygen atoms in total. The standard InChI is InChI=1S/C17H19ClN2O4S/c1-12-4-7-14(8-5-12)24-16-9-6-13(18)10-15(16)19-17(21)11-20(2)25(3,22)23/h4-10H,11H2,1-3H3,(H,19,21). The summed E-state index contributed by atoms with van der Waals surface area (Å²) >= 11 is 5.99. The molecular weight excluding hydrogens is 364 g/mol. The van der Waals surface area contributed by atoms with Crippen molar-refractivity contribution in [3.05, 3.63) is 53.1 Å². The third-order valence-electron chi connectivity index (χ3n) is 3.40. The Morgan fingerprint density at radius 1 is 1.20 bits per heavy atom. The van der Waals surface area contributed by atoms with Crippen molar-refractivity contribution in [2.24, 2.45) is 0 Å². The minimum absolute atomic E-state index is 0.310. The Kier molecular flexibility index (Phi) is 6.05. The molecule has 0 fully saturated rings. The van der Waals surface area contributed by atoms with E-state index in [4.69, 9.17) is 16.3 Å². The fraction of sp³-hybridized carbons (Fsp3) is 0.235. The van der Waals surface area contributed by atoms with Gasteiger partial charge in [0.2, 0.25) is 15.9 Å². The van der Waals surface area contributed by atoms with Crippen molar-refractivity contribution >= 4 is 33.2 Å². The molecule has 0 unspecified atom stereocenters. The topological polar surface area (TPSA) is 75.7 Å². The van der Waals surface area contributed by atoms with Crippen molar-refractivity contribution in [3.8, 4) is 11.5 Å². The smallest absolute Gasteiger partial charge is 0.239 e. The quantitative estimate of drug-likeness (QED) is 0.831. The van der Waals surface area contributed by atoms with Crippen LogP contribution in [0.4, 0.5) is 5.69 Å². The number of carbonyl (C=O) groups is 1. The first-order chi connectivity index (χ1) is 11.6. The number of ether oxygens (including phenoxy) is 1. The van der Waals surface area contributed by atoms with Crippen molar-refractivity contribution in [3.63, 3.8) is 0 Å². The van der Waals surface area contributed by atoms with Gasteiger partial charge in [-0.15, -0.1) is 0 Å². The van der Waals surface area contributed by atoms with E-state index in [1.807, 2.05) is 31.2 Å². The number of nitrogens with zero attached hydrogens (tertiary/aromatic N) is 1. The highest BCUT2D eigenvalue weighted by molar-refractivity contribution is 7.88. The van der Waals surface area contributed by atoms with Gasteiger partial charge in [-0.3, -0.25) is 4.79 Å². The highest BCUT2D eigenvalue weighted by atomic mass is 35.5. The number of rotatable bonds is 6. The summed E-state index contributed by atoms with van der Waals surface area (Å²) in [6.45, 7) is 1.66. The Hall–Kier alpha value is -2.09. The van der Waals surface area contributed by atoms with Crippen LogP contribution in [-0.4, -0.2) is 38.5 Å². The zero-order valence-electron chi connectivity index (χ0n) is 14.1. The van der Waals surface area contributed by atoms with Crippen LogP contribution in [0.2, 0.25) is 5.02 Å². The van der Waals surface area contributed by atoms with E-state index in [1.54, 1.807) is 18.2 Å². The number of carbonyl (C=O) groups excluding carboxylic acids is 1. The van der Waals surface area contributed by atoms with E-state index >= 15 is 0 Å². The van der Waals surface area contributed by atoms with E-state index in [9.17, 15) is 13.2 Å². The lowest BCUT2D eigenvalue weighted by molar-refractivity contribution is -0.116. The van der Waals surface area contributed by atoms with E-state index in [-0.39, 0.29) is 6.54 Å². The summed E-state index contributed by atoms with van der Waals surface area (Å²) in [5.74, 6) is 0.518. The van der Waals surface area contributed by atoms with Crippen molar-refractivity contribution in [2.45, 2.75) is 6.92 Å². The molecule has 0 radical (unpaired) electrons. The van der Waals surface area contributed by atoms with Crippen LogP contribution < -0.4 is 10.1 Å². The molecule has 0 saturated carbocycles. The maximum absolute atomic E-state index is 12.1. The van der Waals surface area contributed by atoms with Crippen molar-refractivity contribution in [1.82, 2.24) is 4.31 Å². The van der Waals surface area contributed by atoms with E-state index in [0.29, 0.717) is 22.2 Å². The zero-order chi connectivity index (χ0) is 18.6. The molecule has 1 amide bonds. The predicted molar refractivity (Wildman–Crippen MR) is 98.8 cm³/mol. The number of hydrogen-bond donors (Lipinski definition) is 1. The lowest BCUT2D eigenvalue weighted by Gasteiger charge is -2.16. The first-order valence-corrected chi connectivity index (χ1v) is 9.63. The fourth-order valence-electron chi connectivity index (χ4n) is 1.93. The number of hydrogen-bond acceptors (Lipinski definition) is 4. The summed E-state index contributed by atoms with van der Waals surface area (Å²) in [7, 11) is -2.12. The second-order valence-electron chi connectivity index (χ2n) is 5.62. The normalized spacial score (nSPS) is 11.4. The van der Waals surface area contributed by atoms with E-state index in [0.717, 1.165) is 16.1 Å². The van der Waals surface area contributed by atoms with Gasteiger partial charge in [0.05, 0.1) is 18.5 Å². The first-order valence-electron chi connectivity index (χ1n) is 7.40. The molecule has 2 aromatic rings. The lowest BCUT2D eigenvalue weighted by atomic mass is 10.2. The average molecular weight is 383 g/mol. The number of sulfonamides is 1. The molecule has 0 heterocycles. The van der Waals surface area contributed by atoms with E-state index < -0.39 is 15.9 Å². The zero-order valence-corrected chi connectivity index (χ0v) is 15.7. The lowest BCUT2D eigenvalue weighted by Crippen LogP contribution is -2.34. The van der Waals surface area contributed by atoms with Crippen LogP contribution >= 0.6 is 11.6 Å². The highest BCUT2D eigenvalue weighted by Crippen LogP contribution is 2.32. The molecule has 0 bridgehead atoms. The van der Waals surface area contributed by atoms with Gasteiger partial charge in [-0.05, 0) is 37.3 Å². The van der Waals surface area contributed by atoms with Gasteiger partial charge in [-0.1, -0.05) is 29.3 Å². The van der Waals surface area contributed by atoms with E-state index in [1.165, 1.54) is 7.05 Å². The Bertz CT molecular complexity index is 867. The van der Waals surface area contributed by atoms with Crippen LogP contribution in [0.5, 0.6) is 11.5 Å². The number of benzene rings is 2. The predicted octanol–water partition coefficient (Wildman–Crippen LogP) is 3.27. The van der Waals surface area contributed by atoms with Gasteiger partial charge in [-0.2, -0.15) is 4.31 Å². The average Bonchev–Trinajstić information content (AvgIpc) is 2.51. The molecule has 2 rings (SSSR count). The van der Waals surface area contributed by atoms with Gasteiger partial charge in [0.15, 0.2) is 5.75 Å². The molecular formula is C17H19ClN2O4S. The molecule has 0 aliphatic carbocycles. The van der Waals surface area contributed by atoms with Crippen molar-refractivity contribution < 1.29 is 17.9 Å². The minimum Gasteiger partial charge on any atom is -0.455 e. The third-order valence-corrected chi connectivity index (χ3v) is 4.89. The summed E-state index contributed by atoms with van der Waals surface area (Å²) in [5.41, 5.74) is 1.46. The molecule has 0 atom stereocenters. The number of amides is 1. The Balaban J connectivity index is 2.18. The summed E-state index contributed by atoms with van der Waals surface area (Å²) in [4.78, 5) is 12.1. The van der Waals surface area contributed by atoms with Gasteiger partial charge in [0.1, 0.15) is 5.75 Å². The molecule has 134 valence electrons.